The van der Waals surface area contributed by atoms with Crippen LogP contribution in [0.15, 0.2) is 12.1 Å². The van der Waals surface area contributed by atoms with E-state index in [-0.39, 0.29) is 29.7 Å². The molecule has 1 aromatic rings. The predicted molar refractivity (Wildman–Crippen MR) is 86.5 cm³/mol. The summed E-state index contributed by atoms with van der Waals surface area (Å²) in [4.78, 5) is 12.5. The van der Waals surface area contributed by atoms with E-state index in [2.05, 4.69) is 5.32 Å². The molecule has 2 nitrogen and oxygen atoms in total. The quantitative estimate of drug-likeness (QED) is 0.731. The zero-order valence-corrected chi connectivity index (χ0v) is 14.1. The van der Waals surface area contributed by atoms with Crippen LogP contribution < -0.4 is 5.32 Å². The lowest BCUT2D eigenvalue weighted by molar-refractivity contribution is -0.127. The molecular formula is C18H21ClF3NO. The Labute approximate surface area is 144 Å². The van der Waals surface area contributed by atoms with Crippen molar-refractivity contribution in [2.75, 3.05) is 0 Å². The van der Waals surface area contributed by atoms with Crippen LogP contribution >= 0.6 is 11.6 Å². The summed E-state index contributed by atoms with van der Waals surface area (Å²) >= 11 is 5.77. The van der Waals surface area contributed by atoms with Gasteiger partial charge in [-0.2, -0.15) is 0 Å². The highest BCUT2D eigenvalue weighted by atomic mass is 35.5. The van der Waals surface area contributed by atoms with Crippen molar-refractivity contribution in [1.29, 1.82) is 0 Å². The van der Waals surface area contributed by atoms with Gasteiger partial charge in [0.25, 0.3) is 0 Å². The lowest BCUT2D eigenvalue weighted by Crippen LogP contribution is -2.44. The van der Waals surface area contributed by atoms with Crippen LogP contribution in [-0.4, -0.2) is 11.6 Å². The van der Waals surface area contributed by atoms with Crippen LogP contribution in [0.4, 0.5) is 13.2 Å². The van der Waals surface area contributed by atoms with Gasteiger partial charge in [-0.05, 0) is 37.8 Å². The summed E-state index contributed by atoms with van der Waals surface area (Å²) in [5.74, 6) is -2.39. The lowest BCUT2D eigenvalue weighted by atomic mass is 9.87. The molecular weight excluding hydrogens is 339 g/mol. The van der Waals surface area contributed by atoms with Crippen LogP contribution in [0.1, 0.15) is 63.0 Å². The van der Waals surface area contributed by atoms with Gasteiger partial charge >= 0.3 is 0 Å². The molecule has 3 rings (SSSR count). The Hall–Kier alpha value is -1.23. The number of hydrogen-bond acceptors (Lipinski definition) is 1. The molecule has 0 spiro atoms. The van der Waals surface area contributed by atoms with Crippen molar-refractivity contribution in [3.63, 3.8) is 0 Å². The highest BCUT2D eigenvalue weighted by Crippen LogP contribution is 2.45. The van der Waals surface area contributed by atoms with E-state index in [4.69, 9.17) is 11.6 Å². The van der Waals surface area contributed by atoms with Crippen molar-refractivity contribution in [3.05, 3.63) is 34.4 Å². The molecule has 6 heteroatoms. The Kier molecular flexibility index (Phi) is 5.09. The Morgan fingerprint density at radius 3 is 2.42 bits per heavy atom. The molecule has 1 amide bonds. The fourth-order valence-corrected chi connectivity index (χ4v) is 4.13. The standard InChI is InChI=1S/C18H21ClF3NO/c19-12-7-8-13(20)14(15(12)21)16(18(22)9-3-4-10-18)23-17(24)11-5-1-2-6-11/h7-8,11,16H,1-6,9-10H2,(H,23,24). The highest BCUT2D eigenvalue weighted by molar-refractivity contribution is 6.30. The maximum absolute atomic E-state index is 15.4. The molecule has 2 fully saturated rings. The van der Waals surface area contributed by atoms with E-state index in [9.17, 15) is 13.6 Å². The third kappa shape index (κ3) is 3.28. The predicted octanol–water partition coefficient (Wildman–Crippen LogP) is 5.25. The van der Waals surface area contributed by atoms with Gasteiger partial charge in [0.05, 0.1) is 16.6 Å². The molecule has 0 saturated heterocycles. The molecule has 0 radical (unpaired) electrons. The maximum Gasteiger partial charge on any atom is 0.223 e. The number of alkyl halides is 1. The van der Waals surface area contributed by atoms with E-state index in [0.717, 1.165) is 37.8 Å². The highest BCUT2D eigenvalue weighted by Gasteiger charge is 2.46. The summed E-state index contributed by atoms with van der Waals surface area (Å²) in [7, 11) is 0. The van der Waals surface area contributed by atoms with Crippen LogP contribution in [0.5, 0.6) is 0 Å². The number of benzene rings is 1. The third-order valence-electron chi connectivity index (χ3n) is 5.33. The van der Waals surface area contributed by atoms with Gasteiger partial charge in [-0.25, -0.2) is 13.2 Å². The molecule has 0 heterocycles. The van der Waals surface area contributed by atoms with Gasteiger partial charge in [-0.1, -0.05) is 37.3 Å². The molecule has 2 aliphatic carbocycles. The number of nitrogens with one attached hydrogen (secondary N) is 1. The van der Waals surface area contributed by atoms with Gasteiger partial charge in [0, 0.05) is 5.92 Å². The molecule has 0 aliphatic heterocycles. The average Bonchev–Trinajstić information content (AvgIpc) is 3.22. The fourth-order valence-electron chi connectivity index (χ4n) is 3.97. The van der Waals surface area contributed by atoms with Crippen molar-refractivity contribution in [2.24, 2.45) is 5.92 Å². The topological polar surface area (TPSA) is 29.1 Å². The van der Waals surface area contributed by atoms with Crippen molar-refractivity contribution >= 4 is 17.5 Å². The van der Waals surface area contributed by atoms with Crippen LogP contribution in [-0.2, 0) is 4.79 Å². The number of carbonyl (C=O) groups excluding carboxylic acids is 1. The van der Waals surface area contributed by atoms with E-state index < -0.39 is 28.9 Å². The van der Waals surface area contributed by atoms with Crippen LogP contribution in [0.3, 0.4) is 0 Å². The van der Waals surface area contributed by atoms with Gasteiger partial charge in [-0.3, -0.25) is 4.79 Å². The molecule has 2 saturated carbocycles. The van der Waals surface area contributed by atoms with E-state index in [1.54, 1.807) is 0 Å². The van der Waals surface area contributed by atoms with Crippen molar-refractivity contribution in [3.8, 4) is 0 Å². The summed E-state index contributed by atoms with van der Waals surface area (Å²) in [6, 6.07) is 0.783. The van der Waals surface area contributed by atoms with Crippen LogP contribution in [0, 0.1) is 17.6 Å². The molecule has 2 aliphatic rings. The van der Waals surface area contributed by atoms with Crippen LogP contribution in [0.25, 0.3) is 0 Å². The van der Waals surface area contributed by atoms with Crippen molar-refractivity contribution in [2.45, 2.75) is 63.1 Å². The second-order valence-electron chi connectivity index (χ2n) is 6.92. The largest absolute Gasteiger partial charge is 0.346 e. The average molecular weight is 360 g/mol. The maximum atomic E-state index is 15.4. The Bertz CT molecular complexity index is 625. The molecule has 24 heavy (non-hydrogen) atoms. The third-order valence-corrected chi connectivity index (χ3v) is 5.62. The minimum absolute atomic E-state index is 0.175. The van der Waals surface area contributed by atoms with Gasteiger partial charge in [-0.15, -0.1) is 0 Å². The second kappa shape index (κ2) is 6.95. The second-order valence-corrected chi connectivity index (χ2v) is 7.33. The molecule has 0 aromatic heterocycles. The lowest BCUT2D eigenvalue weighted by Gasteiger charge is -2.32. The molecule has 132 valence electrons. The first-order valence-electron chi connectivity index (χ1n) is 8.55. The summed E-state index contributed by atoms with van der Waals surface area (Å²) in [6.07, 6.45) is 4.98. The smallest absolute Gasteiger partial charge is 0.223 e. The molecule has 0 bridgehead atoms. The summed E-state index contributed by atoms with van der Waals surface area (Å²) < 4.78 is 44.2. The summed E-state index contributed by atoms with van der Waals surface area (Å²) in [6.45, 7) is 0. The molecule has 1 atom stereocenters. The number of rotatable bonds is 4. The Morgan fingerprint density at radius 1 is 1.17 bits per heavy atom. The first-order valence-corrected chi connectivity index (χ1v) is 8.93. The van der Waals surface area contributed by atoms with E-state index >= 15 is 4.39 Å². The van der Waals surface area contributed by atoms with E-state index in [1.165, 1.54) is 0 Å². The molecule has 1 N–H and O–H groups in total. The van der Waals surface area contributed by atoms with E-state index in [1.807, 2.05) is 0 Å². The van der Waals surface area contributed by atoms with Gasteiger partial charge in [0.2, 0.25) is 5.91 Å². The fraction of sp³-hybridized carbons (Fsp3) is 0.611. The molecule has 1 unspecified atom stereocenters. The first-order chi connectivity index (χ1) is 11.4. The number of halogens is 4. The Morgan fingerprint density at radius 2 is 1.79 bits per heavy atom. The minimum atomic E-state index is -1.85. The summed E-state index contributed by atoms with van der Waals surface area (Å²) in [5.41, 5.74) is -2.31. The van der Waals surface area contributed by atoms with Crippen molar-refractivity contribution < 1.29 is 18.0 Å². The summed E-state index contributed by atoms with van der Waals surface area (Å²) in [5, 5.41) is 2.34. The molecule has 1 aromatic carbocycles. The van der Waals surface area contributed by atoms with Gasteiger partial charge in [0.15, 0.2) is 0 Å². The van der Waals surface area contributed by atoms with Gasteiger partial charge in [0.1, 0.15) is 17.3 Å². The number of hydrogen-bond donors (Lipinski definition) is 1. The minimum Gasteiger partial charge on any atom is -0.346 e. The van der Waals surface area contributed by atoms with E-state index in [0.29, 0.717) is 12.8 Å². The Balaban J connectivity index is 1.96. The SMILES string of the molecule is O=C(NC(c1c(F)ccc(Cl)c1F)C1(F)CCCC1)C1CCCC1. The normalized spacial score (nSPS) is 21.8. The van der Waals surface area contributed by atoms with Gasteiger partial charge < -0.3 is 5.32 Å². The number of carbonyl (C=O) groups is 1. The number of amides is 1. The zero-order valence-electron chi connectivity index (χ0n) is 13.4. The zero-order chi connectivity index (χ0) is 17.3. The monoisotopic (exact) mass is 359 g/mol. The first kappa shape index (κ1) is 17.6. The van der Waals surface area contributed by atoms with Crippen molar-refractivity contribution in [1.82, 2.24) is 5.32 Å². The van der Waals surface area contributed by atoms with Crippen LogP contribution in [0.2, 0.25) is 5.02 Å².